The first-order chi connectivity index (χ1) is 8.81. The highest BCUT2D eigenvalue weighted by molar-refractivity contribution is 5.81. The van der Waals surface area contributed by atoms with Crippen molar-refractivity contribution in [3.63, 3.8) is 0 Å². The molecule has 0 amide bonds. The maximum absolute atomic E-state index is 12.2. The van der Waals surface area contributed by atoms with E-state index in [-0.39, 0.29) is 12.2 Å². The average molecular weight is 255 g/mol. The summed E-state index contributed by atoms with van der Waals surface area (Å²) in [6.45, 7) is 2.81. The molecule has 0 aromatic heterocycles. The van der Waals surface area contributed by atoms with Crippen LogP contribution in [0.5, 0.6) is 0 Å². The average Bonchev–Trinajstić information content (AvgIpc) is 2.88. The first-order valence-corrected chi connectivity index (χ1v) is 6.91. The molecule has 5 nitrogen and oxygen atoms in total. The molecule has 2 bridgehead atoms. The highest BCUT2D eigenvalue weighted by Gasteiger charge is 2.35. The predicted octanol–water partition coefficient (Wildman–Crippen LogP) is 0.476. The quantitative estimate of drug-likeness (QED) is 0.791. The van der Waals surface area contributed by atoms with E-state index in [0.717, 1.165) is 26.1 Å². The Balaban J connectivity index is 1.46. The lowest BCUT2D eigenvalue weighted by atomic mass is 9.83. The molecule has 102 valence electrons. The van der Waals surface area contributed by atoms with Crippen LogP contribution in [0.3, 0.4) is 0 Å². The summed E-state index contributed by atoms with van der Waals surface area (Å²) in [4.78, 5) is 12.2. The number of ether oxygens (including phenoxy) is 3. The summed E-state index contributed by atoms with van der Waals surface area (Å²) < 4.78 is 16.2. The highest BCUT2D eigenvalue weighted by atomic mass is 16.7. The number of carbonyl (C=O) groups is 1. The minimum absolute atomic E-state index is 0.154. The number of carbonyl (C=O) groups excluding carboxylic acids is 1. The fraction of sp³-hybridized carbons (Fsp3) is 0.923. The van der Waals surface area contributed by atoms with E-state index in [2.05, 4.69) is 5.32 Å². The number of rotatable bonds is 4. The molecule has 0 aromatic carbocycles. The Morgan fingerprint density at radius 1 is 1.11 bits per heavy atom. The van der Waals surface area contributed by atoms with Crippen LogP contribution < -0.4 is 5.32 Å². The molecule has 0 spiro atoms. The van der Waals surface area contributed by atoms with Crippen LogP contribution in [0.4, 0.5) is 0 Å². The van der Waals surface area contributed by atoms with E-state index in [1.54, 1.807) is 0 Å². The van der Waals surface area contributed by atoms with Crippen LogP contribution in [0.25, 0.3) is 0 Å². The first-order valence-electron chi connectivity index (χ1n) is 6.91. The van der Waals surface area contributed by atoms with Gasteiger partial charge in [0, 0.05) is 30.8 Å². The molecule has 5 heteroatoms. The molecule has 3 aliphatic heterocycles. The lowest BCUT2D eigenvalue weighted by molar-refractivity contribution is -0.128. The maximum Gasteiger partial charge on any atom is 0.158 e. The van der Waals surface area contributed by atoms with Crippen LogP contribution in [0.2, 0.25) is 0 Å². The minimum Gasteiger partial charge on any atom is -0.378 e. The van der Waals surface area contributed by atoms with Gasteiger partial charge in [-0.15, -0.1) is 0 Å². The summed E-state index contributed by atoms with van der Waals surface area (Å²) in [5.74, 6) is 0.569. The van der Waals surface area contributed by atoms with Gasteiger partial charge >= 0.3 is 0 Å². The van der Waals surface area contributed by atoms with Gasteiger partial charge in [-0.3, -0.25) is 4.79 Å². The fourth-order valence-electron chi connectivity index (χ4n) is 3.14. The lowest BCUT2D eigenvalue weighted by Crippen LogP contribution is -2.55. The van der Waals surface area contributed by atoms with Crippen molar-refractivity contribution < 1.29 is 19.0 Å². The Morgan fingerprint density at radius 3 is 2.44 bits per heavy atom. The van der Waals surface area contributed by atoms with Crippen LogP contribution in [0.1, 0.15) is 25.7 Å². The zero-order valence-corrected chi connectivity index (χ0v) is 10.6. The van der Waals surface area contributed by atoms with E-state index >= 15 is 0 Å². The van der Waals surface area contributed by atoms with Crippen LogP contribution in [0, 0.1) is 5.92 Å². The van der Waals surface area contributed by atoms with Gasteiger partial charge in [0.2, 0.25) is 0 Å². The van der Waals surface area contributed by atoms with Crippen LogP contribution in [0.15, 0.2) is 0 Å². The van der Waals surface area contributed by atoms with Gasteiger partial charge in [-0.05, 0) is 12.8 Å². The zero-order valence-electron chi connectivity index (χ0n) is 10.6. The lowest BCUT2D eigenvalue weighted by Gasteiger charge is -2.39. The molecule has 0 aromatic rings. The highest BCUT2D eigenvalue weighted by Crippen LogP contribution is 2.26. The van der Waals surface area contributed by atoms with Crippen molar-refractivity contribution in [1.82, 2.24) is 5.32 Å². The SMILES string of the molecule is O=C(CCC1OCCO1)C1CC2COCC(C1)N2. The Bertz CT molecular complexity index is 291. The molecule has 3 fully saturated rings. The van der Waals surface area contributed by atoms with Crippen molar-refractivity contribution in [3.8, 4) is 0 Å². The third-order valence-corrected chi connectivity index (χ3v) is 4.02. The summed E-state index contributed by atoms with van der Waals surface area (Å²) in [5.41, 5.74) is 0. The molecular formula is C13H21NO4. The second-order valence-electron chi connectivity index (χ2n) is 5.44. The fourth-order valence-corrected chi connectivity index (χ4v) is 3.14. The van der Waals surface area contributed by atoms with Gasteiger partial charge in [-0.1, -0.05) is 0 Å². The van der Waals surface area contributed by atoms with E-state index in [1.807, 2.05) is 0 Å². The molecular weight excluding hydrogens is 234 g/mol. The third-order valence-electron chi connectivity index (χ3n) is 4.02. The molecule has 0 radical (unpaired) electrons. The summed E-state index contributed by atoms with van der Waals surface area (Å²) >= 11 is 0. The Labute approximate surface area is 107 Å². The topological polar surface area (TPSA) is 56.8 Å². The van der Waals surface area contributed by atoms with Gasteiger partial charge in [0.25, 0.3) is 0 Å². The monoisotopic (exact) mass is 255 g/mol. The Kier molecular flexibility index (Phi) is 3.94. The van der Waals surface area contributed by atoms with Crippen molar-refractivity contribution in [2.24, 2.45) is 5.92 Å². The molecule has 2 atom stereocenters. The zero-order chi connectivity index (χ0) is 12.4. The number of nitrogens with one attached hydrogen (secondary N) is 1. The van der Waals surface area contributed by atoms with Crippen molar-refractivity contribution in [2.45, 2.75) is 44.1 Å². The standard InChI is InChI=1S/C13H21NO4/c15-12(1-2-13-17-3-4-18-13)9-5-10-7-16-8-11(6-9)14-10/h9-11,13-14H,1-8H2. The van der Waals surface area contributed by atoms with E-state index in [1.165, 1.54) is 0 Å². The largest absolute Gasteiger partial charge is 0.378 e. The molecule has 18 heavy (non-hydrogen) atoms. The predicted molar refractivity (Wildman–Crippen MR) is 64.2 cm³/mol. The van der Waals surface area contributed by atoms with Crippen molar-refractivity contribution >= 4 is 5.78 Å². The van der Waals surface area contributed by atoms with Crippen LogP contribution in [-0.2, 0) is 19.0 Å². The van der Waals surface area contributed by atoms with Gasteiger partial charge in [-0.25, -0.2) is 0 Å². The van der Waals surface area contributed by atoms with Gasteiger partial charge in [0.1, 0.15) is 5.78 Å². The minimum atomic E-state index is -0.154. The molecule has 3 heterocycles. The number of piperidine rings is 1. The smallest absolute Gasteiger partial charge is 0.158 e. The molecule has 3 saturated heterocycles. The molecule has 3 rings (SSSR count). The van der Waals surface area contributed by atoms with Crippen LogP contribution >= 0.6 is 0 Å². The second-order valence-corrected chi connectivity index (χ2v) is 5.44. The van der Waals surface area contributed by atoms with Crippen molar-refractivity contribution in [2.75, 3.05) is 26.4 Å². The number of morpholine rings is 1. The number of Topliss-reactive ketones (excluding diaryl/α,β-unsaturated/α-hetero) is 1. The normalized spacial score (nSPS) is 36.8. The summed E-state index contributed by atoms with van der Waals surface area (Å²) in [6, 6.07) is 0.732. The van der Waals surface area contributed by atoms with E-state index in [4.69, 9.17) is 14.2 Å². The van der Waals surface area contributed by atoms with Gasteiger partial charge in [-0.2, -0.15) is 0 Å². The molecule has 1 N–H and O–H groups in total. The van der Waals surface area contributed by atoms with E-state index in [0.29, 0.717) is 43.9 Å². The molecule has 0 saturated carbocycles. The second kappa shape index (κ2) is 5.65. The van der Waals surface area contributed by atoms with Gasteiger partial charge in [0.15, 0.2) is 6.29 Å². The van der Waals surface area contributed by atoms with Gasteiger partial charge < -0.3 is 19.5 Å². The van der Waals surface area contributed by atoms with Crippen molar-refractivity contribution in [1.29, 1.82) is 0 Å². The van der Waals surface area contributed by atoms with E-state index < -0.39 is 0 Å². The summed E-state index contributed by atoms with van der Waals surface area (Å²) in [6.07, 6.45) is 2.96. The molecule has 0 aliphatic carbocycles. The van der Waals surface area contributed by atoms with Crippen molar-refractivity contribution in [3.05, 3.63) is 0 Å². The first kappa shape index (κ1) is 12.5. The molecule has 3 aliphatic rings. The third kappa shape index (κ3) is 2.91. The number of fused-ring (bicyclic) bond motifs is 2. The Hall–Kier alpha value is -0.490. The number of hydrogen-bond donors (Lipinski definition) is 1. The van der Waals surface area contributed by atoms with Gasteiger partial charge in [0.05, 0.1) is 26.4 Å². The van der Waals surface area contributed by atoms with Crippen LogP contribution in [-0.4, -0.2) is 50.6 Å². The summed E-state index contributed by atoms with van der Waals surface area (Å²) in [7, 11) is 0. The summed E-state index contributed by atoms with van der Waals surface area (Å²) in [5, 5.41) is 3.51. The number of ketones is 1. The molecule has 2 unspecified atom stereocenters. The van der Waals surface area contributed by atoms with E-state index in [9.17, 15) is 4.79 Å². The maximum atomic E-state index is 12.2. The number of hydrogen-bond acceptors (Lipinski definition) is 5. The Morgan fingerprint density at radius 2 is 1.78 bits per heavy atom.